The fraction of sp³-hybridized carbons (Fsp3) is 0.824. The Bertz CT molecular complexity index is 518. The van der Waals surface area contributed by atoms with Gasteiger partial charge in [-0.05, 0) is 44.9 Å². The van der Waals surface area contributed by atoms with Gasteiger partial charge in [0.25, 0.3) is 0 Å². The average molecular weight is 308 g/mol. The van der Waals surface area contributed by atoms with Crippen LogP contribution in [0.25, 0.3) is 0 Å². The van der Waals surface area contributed by atoms with Crippen molar-refractivity contribution >= 4 is 17.6 Å². The minimum Gasteiger partial charge on any atom is -0.350 e. The van der Waals surface area contributed by atoms with Crippen molar-refractivity contribution in [3.05, 3.63) is 0 Å². The number of carbonyl (C=O) groups excluding carboxylic acids is 3. The van der Waals surface area contributed by atoms with Gasteiger partial charge in [-0.2, -0.15) is 0 Å². The first-order chi connectivity index (χ1) is 9.92. The van der Waals surface area contributed by atoms with Crippen molar-refractivity contribution in [3.63, 3.8) is 0 Å². The van der Waals surface area contributed by atoms with E-state index in [1.807, 2.05) is 34.6 Å². The first-order valence-corrected chi connectivity index (χ1v) is 8.02. The zero-order valence-corrected chi connectivity index (χ0v) is 14.6. The molecule has 0 aliphatic heterocycles. The summed E-state index contributed by atoms with van der Waals surface area (Å²) in [6.45, 7) is 9.74. The summed E-state index contributed by atoms with van der Waals surface area (Å²) in [7, 11) is 1.62. The number of hydrogen-bond acceptors (Lipinski definition) is 3. The van der Waals surface area contributed by atoms with Gasteiger partial charge in [0.1, 0.15) is 11.2 Å². The van der Waals surface area contributed by atoms with Gasteiger partial charge >= 0.3 is 0 Å². The van der Waals surface area contributed by atoms with Gasteiger partial charge in [-0.25, -0.2) is 0 Å². The summed E-state index contributed by atoms with van der Waals surface area (Å²) in [6.07, 6.45) is 2.04. The molecule has 2 saturated carbocycles. The SMILES string of the molecule is CN(CC(=O)NC(C)(C)C)C(=O)C12CCC(CC1=O)C2(C)C. The van der Waals surface area contributed by atoms with E-state index < -0.39 is 5.41 Å². The fourth-order valence-electron chi connectivity index (χ4n) is 4.25. The summed E-state index contributed by atoms with van der Waals surface area (Å²) in [5, 5.41) is 2.85. The van der Waals surface area contributed by atoms with Crippen LogP contribution in [0.5, 0.6) is 0 Å². The number of likely N-dealkylation sites (N-methyl/N-ethyl adjacent to an activating group) is 1. The molecule has 2 atom stereocenters. The van der Waals surface area contributed by atoms with E-state index in [0.29, 0.717) is 18.8 Å². The van der Waals surface area contributed by atoms with Crippen LogP contribution in [-0.2, 0) is 14.4 Å². The topological polar surface area (TPSA) is 66.5 Å². The molecule has 0 aromatic heterocycles. The normalized spacial score (nSPS) is 29.5. The van der Waals surface area contributed by atoms with E-state index in [4.69, 9.17) is 0 Å². The average Bonchev–Trinajstić information content (AvgIpc) is 2.69. The number of nitrogens with one attached hydrogen (secondary N) is 1. The lowest BCUT2D eigenvalue weighted by molar-refractivity contribution is -0.153. The molecule has 2 aliphatic rings. The number of Topliss-reactive ketones (excluding diaryl/α,β-unsaturated/α-hetero) is 1. The lowest BCUT2D eigenvalue weighted by Crippen LogP contribution is -2.53. The Hall–Kier alpha value is -1.39. The maximum atomic E-state index is 13.0. The van der Waals surface area contributed by atoms with E-state index in [1.54, 1.807) is 7.05 Å². The molecule has 0 heterocycles. The molecule has 22 heavy (non-hydrogen) atoms. The third-order valence-corrected chi connectivity index (χ3v) is 5.50. The largest absolute Gasteiger partial charge is 0.350 e. The Kier molecular flexibility index (Phi) is 3.91. The van der Waals surface area contributed by atoms with E-state index in [1.165, 1.54) is 4.90 Å². The Labute approximate surface area is 132 Å². The quantitative estimate of drug-likeness (QED) is 0.808. The van der Waals surface area contributed by atoms with Crippen LogP contribution in [0.15, 0.2) is 0 Å². The van der Waals surface area contributed by atoms with Crippen molar-refractivity contribution in [2.75, 3.05) is 13.6 Å². The summed E-state index contributed by atoms with van der Waals surface area (Å²) in [4.78, 5) is 38.9. The van der Waals surface area contributed by atoms with Crippen LogP contribution in [0, 0.1) is 16.7 Å². The maximum Gasteiger partial charge on any atom is 0.240 e. The minimum absolute atomic E-state index is 0.00806. The van der Waals surface area contributed by atoms with Gasteiger partial charge in [0.15, 0.2) is 0 Å². The maximum absolute atomic E-state index is 13.0. The standard InChI is InChI=1S/C17H28N2O3/c1-15(2,3)18-13(21)10-19(6)14(22)17-8-7-11(9-12(17)20)16(17,4)5/h11H,7-10H2,1-6H3,(H,18,21). The summed E-state index contributed by atoms with van der Waals surface area (Å²) in [6, 6.07) is 0. The highest BCUT2D eigenvalue weighted by Crippen LogP contribution is 2.64. The van der Waals surface area contributed by atoms with Gasteiger partial charge in [0, 0.05) is 19.0 Å². The smallest absolute Gasteiger partial charge is 0.240 e. The summed E-state index contributed by atoms with van der Waals surface area (Å²) in [5.41, 5.74) is -1.56. The third-order valence-electron chi connectivity index (χ3n) is 5.50. The van der Waals surface area contributed by atoms with Gasteiger partial charge in [-0.3, -0.25) is 14.4 Å². The number of carbonyl (C=O) groups is 3. The number of hydrogen-bond donors (Lipinski definition) is 1. The highest BCUT2D eigenvalue weighted by Gasteiger charge is 2.68. The second kappa shape index (κ2) is 5.07. The molecule has 2 unspecified atom stereocenters. The molecular formula is C17H28N2O3. The van der Waals surface area contributed by atoms with Crippen LogP contribution in [0.1, 0.15) is 53.9 Å². The fourth-order valence-corrected chi connectivity index (χ4v) is 4.25. The van der Waals surface area contributed by atoms with E-state index in [2.05, 4.69) is 5.32 Å². The molecule has 0 radical (unpaired) electrons. The molecule has 1 N–H and O–H groups in total. The van der Waals surface area contributed by atoms with Crippen LogP contribution in [-0.4, -0.2) is 41.6 Å². The van der Waals surface area contributed by atoms with Crippen LogP contribution >= 0.6 is 0 Å². The number of amides is 2. The zero-order chi connectivity index (χ0) is 16.9. The van der Waals surface area contributed by atoms with E-state index in [0.717, 1.165) is 6.42 Å². The molecule has 0 aromatic rings. The van der Waals surface area contributed by atoms with Crippen molar-refractivity contribution in [1.82, 2.24) is 10.2 Å². The summed E-state index contributed by atoms with van der Waals surface area (Å²) >= 11 is 0. The van der Waals surface area contributed by atoms with Crippen LogP contribution in [0.2, 0.25) is 0 Å². The van der Waals surface area contributed by atoms with Gasteiger partial charge in [0.05, 0.1) is 6.54 Å². The number of nitrogens with zero attached hydrogens (tertiary/aromatic N) is 1. The Morgan fingerprint density at radius 1 is 1.32 bits per heavy atom. The molecule has 0 saturated heterocycles. The van der Waals surface area contributed by atoms with Crippen molar-refractivity contribution in [3.8, 4) is 0 Å². The first kappa shape index (κ1) is 17.0. The molecule has 2 rings (SSSR count). The molecule has 124 valence electrons. The number of fused-ring (bicyclic) bond motifs is 2. The highest BCUT2D eigenvalue weighted by molar-refractivity contribution is 6.10. The molecule has 0 aromatic carbocycles. The third kappa shape index (κ3) is 2.44. The Morgan fingerprint density at radius 2 is 1.91 bits per heavy atom. The monoisotopic (exact) mass is 308 g/mol. The van der Waals surface area contributed by atoms with Gasteiger partial charge in [-0.1, -0.05) is 13.8 Å². The van der Waals surface area contributed by atoms with E-state index >= 15 is 0 Å². The van der Waals surface area contributed by atoms with E-state index in [-0.39, 0.29) is 35.1 Å². The molecule has 2 aliphatic carbocycles. The minimum atomic E-state index is -0.922. The first-order valence-electron chi connectivity index (χ1n) is 8.02. The number of ketones is 1. The van der Waals surface area contributed by atoms with Gasteiger partial charge < -0.3 is 10.2 Å². The van der Waals surface area contributed by atoms with Crippen molar-refractivity contribution in [1.29, 1.82) is 0 Å². The van der Waals surface area contributed by atoms with Gasteiger partial charge in [-0.15, -0.1) is 0 Å². The van der Waals surface area contributed by atoms with E-state index in [9.17, 15) is 14.4 Å². The molecule has 2 fully saturated rings. The predicted molar refractivity (Wildman–Crippen MR) is 84.1 cm³/mol. The molecule has 2 bridgehead atoms. The lowest BCUT2D eigenvalue weighted by atomic mass is 9.68. The molecule has 5 heteroatoms. The van der Waals surface area contributed by atoms with Crippen molar-refractivity contribution < 1.29 is 14.4 Å². The summed E-state index contributed by atoms with van der Waals surface area (Å²) in [5.74, 6) is -0.0355. The molecular weight excluding hydrogens is 280 g/mol. The van der Waals surface area contributed by atoms with Crippen molar-refractivity contribution in [2.45, 2.75) is 59.4 Å². The number of rotatable bonds is 3. The molecule has 2 amide bonds. The Balaban J connectivity index is 2.14. The van der Waals surface area contributed by atoms with Gasteiger partial charge in [0.2, 0.25) is 11.8 Å². The van der Waals surface area contributed by atoms with Crippen molar-refractivity contribution in [2.24, 2.45) is 16.7 Å². The highest BCUT2D eigenvalue weighted by atomic mass is 16.2. The lowest BCUT2D eigenvalue weighted by Gasteiger charge is -2.38. The second-order valence-electron chi connectivity index (χ2n) is 8.45. The van der Waals surface area contributed by atoms with Crippen LogP contribution < -0.4 is 5.32 Å². The predicted octanol–water partition coefficient (Wildman–Crippen LogP) is 1.75. The van der Waals surface area contributed by atoms with Crippen LogP contribution in [0.4, 0.5) is 0 Å². The summed E-state index contributed by atoms with van der Waals surface area (Å²) < 4.78 is 0. The zero-order valence-electron chi connectivity index (χ0n) is 14.6. The Morgan fingerprint density at radius 3 is 2.32 bits per heavy atom. The van der Waals surface area contributed by atoms with Crippen LogP contribution in [0.3, 0.4) is 0 Å². The molecule has 5 nitrogen and oxygen atoms in total. The second-order valence-corrected chi connectivity index (χ2v) is 8.45. The molecule has 0 spiro atoms.